The maximum Gasteiger partial charge on any atom is 0.194 e. The topological polar surface area (TPSA) is 46.0 Å². The minimum Gasteiger partial charge on any atom is -0.278 e. The number of nitrogens with zero attached hydrogens (tertiary/aromatic N) is 3. The van der Waals surface area contributed by atoms with E-state index in [2.05, 4.69) is 57.1 Å². The van der Waals surface area contributed by atoms with E-state index < -0.39 is 0 Å². The standard InChI is InChI=1S/C27H41ClN4S/c1-5-6-7-8-9-10-11-12-13-16-19-33-20-21-17-14-15-18-22(21)25-29-26-23(28)24(27(2,3)4)30-32(26)31-25/h14-15,17-18,30H,5-13,16,19-20H2,1-4H3. The van der Waals surface area contributed by atoms with Gasteiger partial charge in [-0.2, -0.15) is 16.4 Å². The average molecular weight is 489 g/mol. The molecule has 182 valence electrons. The molecule has 0 saturated carbocycles. The highest BCUT2D eigenvalue weighted by atomic mass is 35.5. The van der Waals surface area contributed by atoms with Gasteiger partial charge in [0.25, 0.3) is 0 Å². The largest absolute Gasteiger partial charge is 0.278 e. The van der Waals surface area contributed by atoms with Crippen LogP contribution in [-0.2, 0) is 11.2 Å². The van der Waals surface area contributed by atoms with E-state index in [1.807, 2.05) is 11.8 Å². The van der Waals surface area contributed by atoms with Crippen molar-refractivity contribution >= 4 is 29.0 Å². The second-order valence-electron chi connectivity index (χ2n) is 10.1. The number of rotatable bonds is 14. The summed E-state index contributed by atoms with van der Waals surface area (Å²) in [5, 5.41) is 8.68. The fourth-order valence-corrected chi connectivity index (χ4v) is 5.62. The Kier molecular flexibility index (Phi) is 10.2. The first-order chi connectivity index (χ1) is 15.9. The van der Waals surface area contributed by atoms with Gasteiger partial charge in [-0.25, -0.2) is 4.98 Å². The van der Waals surface area contributed by atoms with Crippen LogP contribution in [0.3, 0.4) is 0 Å². The van der Waals surface area contributed by atoms with Crippen molar-refractivity contribution in [3.05, 3.63) is 40.5 Å². The van der Waals surface area contributed by atoms with E-state index in [0.29, 0.717) is 10.7 Å². The van der Waals surface area contributed by atoms with Gasteiger partial charge in [-0.15, -0.1) is 5.10 Å². The molecule has 1 aromatic carbocycles. The summed E-state index contributed by atoms with van der Waals surface area (Å²) in [6.45, 7) is 8.68. The molecule has 2 heterocycles. The van der Waals surface area contributed by atoms with Gasteiger partial charge in [-0.3, -0.25) is 5.10 Å². The predicted octanol–water partition coefficient (Wildman–Crippen LogP) is 8.83. The lowest BCUT2D eigenvalue weighted by Gasteiger charge is -2.16. The Morgan fingerprint density at radius 1 is 0.939 bits per heavy atom. The SMILES string of the molecule is CCCCCCCCCCCCSCc1ccccc1-c1nc2c(Cl)c(C(C)(C)C)[nH]n2n1. The van der Waals surface area contributed by atoms with Gasteiger partial charge >= 0.3 is 0 Å². The Labute approximate surface area is 209 Å². The van der Waals surface area contributed by atoms with E-state index in [-0.39, 0.29) is 5.41 Å². The van der Waals surface area contributed by atoms with E-state index in [1.165, 1.54) is 75.5 Å². The number of hydrogen-bond donors (Lipinski definition) is 1. The monoisotopic (exact) mass is 488 g/mol. The van der Waals surface area contributed by atoms with E-state index in [1.54, 1.807) is 4.63 Å². The van der Waals surface area contributed by atoms with Gasteiger partial charge < -0.3 is 0 Å². The summed E-state index contributed by atoms with van der Waals surface area (Å²) < 4.78 is 1.71. The summed E-state index contributed by atoms with van der Waals surface area (Å²) in [6, 6.07) is 8.47. The maximum absolute atomic E-state index is 6.62. The van der Waals surface area contributed by atoms with Crippen LogP contribution in [0.1, 0.15) is 103 Å². The zero-order valence-electron chi connectivity index (χ0n) is 20.9. The number of hydrogen-bond acceptors (Lipinski definition) is 3. The highest BCUT2D eigenvalue weighted by Gasteiger charge is 2.24. The van der Waals surface area contributed by atoms with Crippen LogP contribution in [0, 0.1) is 0 Å². The number of halogens is 1. The average Bonchev–Trinajstić information content (AvgIpc) is 3.34. The molecule has 0 atom stereocenters. The predicted molar refractivity (Wildman–Crippen MR) is 144 cm³/mol. The van der Waals surface area contributed by atoms with Gasteiger partial charge in [0, 0.05) is 16.7 Å². The number of fused-ring (bicyclic) bond motifs is 1. The van der Waals surface area contributed by atoms with Gasteiger partial charge in [-0.1, -0.05) is 121 Å². The van der Waals surface area contributed by atoms with Crippen LogP contribution < -0.4 is 0 Å². The molecule has 6 heteroatoms. The van der Waals surface area contributed by atoms with Gasteiger partial charge in [0.15, 0.2) is 11.5 Å². The smallest absolute Gasteiger partial charge is 0.194 e. The van der Waals surface area contributed by atoms with Gasteiger partial charge in [0.1, 0.15) is 5.02 Å². The first kappa shape index (κ1) is 26.2. The minimum atomic E-state index is -0.0805. The molecule has 4 nitrogen and oxygen atoms in total. The molecule has 3 aromatic rings. The van der Waals surface area contributed by atoms with Crippen LogP contribution >= 0.6 is 23.4 Å². The molecule has 0 saturated heterocycles. The van der Waals surface area contributed by atoms with E-state index in [4.69, 9.17) is 21.7 Å². The van der Waals surface area contributed by atoms with Crippen molar-refractivity contribution in [3.63, 3.8) is 0 Å². The third-order valence-corrected chi connectivity index (χ3v) is 7.60. The molecular weight excluding hydrogens is 448 g/mol. The first-order valence-electron chi connectivity index (χ1n) is 12.7. The number of aromatic nitrogens is 4. The van der Waals surface area contributed by atoms with Gasteiger partial charge in [0.05, 0.1) is 5.69 Å². The van der Waals surface area contributed by atoms with E-state index in [0.717, 1.165) is 22.8 Å². The molecule has 0 amide bonds. The molecule has 0 unspecified atom stereocenters. The number of aromatic amines is 1. The van der Waals surface area contributed by atoms with Crippen LogP contribution in [0.15, 0.2) is 24.3 Å². The summed E-state index contributed by atoms with van der Waals surface area (Å²) in [5.41, 5.74) is 3.96. The molecule has 1 N–H and O–H groups in total. The molecule has 2 aromatic heterocycles. The van der Waals surface area contributed by atoms with Gasteiger partial charge in [0.2, 0.25) is 0 Å². The third-order valence-electron chi connectivity index (χ3n) is 6.15. The quantitative estimate of drug-likeness (QED) is 0.230. The van der Waals surface area contributed by atoms with Crippen LogP contribution in [0.4, 0.5) is 0 Å². The van der Waals surface area contributed by atoms with Crippen molar-refractivity contribution in [3.8, 4) is 11.4 Å². The molecule has 0 fully saturated rings. The molecule has 3 rings (SSSR count). The second kappa shape index (κ2) is 12.9. The van der Waals surface area contributed by atoms with Crippen molar-refractivity contribution in [1.82, 2.24) is 19.8 Å². The lowest BCUT2D eigenvalue weighted by atomic mass is 9.92. The molecule has 0 aliphatic rings. The van der Waals surface area contributed by atoms with Crippen LogP contribution in [0.25, 0.3) is 17.0 Å². The first-order valence-corrected chi connectivity index (χ1v) is 14.3. The molecule has 0 aliphatic heterocycles. The summed E-state index contributed by atoms with van der Waals surface area (Å²) in [6.07, 6.45) is 13.9. The lowest BCUT2D eigenvalue weighted by Crippen LogP contribution is -2.13. The Morgan fingerprint density at radius 3 is 2.21 bits per heavy atom. The highest BCUT2D eigenvalue weighted by Crippen LogP contribution is 2.32. The Balaban J connectivity index is 1.45. The highest BCUT2D eigenvalue weighted by molar-refractivity contribution is 7.98. The summed E-state index contributed by atoms with van der Waals surface area (Å²) >= 11 is 8.63. The molecule has 33 heavy (non-hydrogen) atoms. The number of benzene rings is 1. The van der Waals surface area contributed by atoms with Crippen molar-refractivity contribution in [2.45, 2.75) is 103 Å². The third kappa shape index (κ3) is 7.51. The number of H-pyrrole nitrogens is 1. The molecule has 0 radical (unpaired) electrons. The summed E-state index contributed by atoms with van der Waals surface area (Å²) in [7, 11) is 0. The van der Waals surface area contributed by atoms with Crippen LogP contribution in [-0.4, -0.2) is 25.6 Å². The number of nitrogens with one attached hydrogen (secondary N) is 1. The normalized spacial score (nSPS) is 12.2. The molecular formula is C27H41ClN4S. The molecule has 0 spiro atoms. The lowest BCUT2D eigenvalue weighted by molar-refractivity contribution is 0.557. The van der Waals surface area contributed by atoms with Gasteiger partial charge in [-0.05, 0) is 17.7 Å². The second-order valence-corrected chi connectivity index (χ2v) is 11.6. The zero-order chi connectivity index (χ0) is 23.7. The van der Waals surface area contributed by atoms with Crippen molar-refractivity contribution in [1.29, 1.82) is 0 Å². The Morgan fingerprint density at radius 2 is 1.58 bits per heavy atom. The fourth-order valence-electron chi connectivity index (χ4n) is 4.15. The maximum atomic E-state index is 6.62. The summed E-state index contributed by atoms with van der Waals surface area (Å²) in [5.74, 6) is 2.93. The van der Waals surface area contributed by atoms with Crippen LogP contribution in [0.2, 0.25) is 5.02 Å². The summed E-state index contributed by atoms with van der Waals surface area (Å²) in [4.78, 5) is 4.77. The number of unbranched alkanes of at least 4 members (excludes halogenated alkanes) is 9. The van der Waals surface area contributed by atoms with Crippen molar-refractivity contribution < 1.29 is 0 Å². The fraction of sp³-hybridized carbons (Fsp3) is 0.630. The number of thioether (sulfide) groups is 1. The molecule has 0 aliphatic carbocycles. The van der Waals surface area contributed by atoms with Crippen molar-refractivity contribution in [2.24, 2.45) is 0 Å². The zero-order valence-corrected chi connectivity index (χ0v) is 22.5. The Bertz CT molecular complexity index is 986. The molecule has 0 bridgehead atoms. The minimum absolute atomic E-state index is 0.0805. The van der Waals surface area contributed by atoms with Crippen LogP contribution in [0.5, 0.6) is 0 Å². The van der Waals surface area contributed by atoms with Crippen molar-refractivity contribution in [2.75, 3.05) is 5.75 Å². The van der Waals surface area contributed by atoms with E-state index >= 15 is 0 Å². The Hall–Kier alpha value is -1.46. The van der Waals surface area contributed by atoms with E-state index in [9.17, 15) is 0 Å².